The zero-order valence-corrected chi connectivity index (χ0v) is 15.2. The highest BCUT2D eigenvalue weighted by molar-refractivity contribution is 5.92. The summed E-state index contributed by atoms with van der Waals surface area (Å²) in [5, 5.41) is 12.0. The third-order valence-electron chi connectivity index (χ3n) is 5.70. The van der Waals surface area contributed by atoms with Gasteiger partial charge in [0, 0.05) is 39.3 Å². The Morgan fingerprint density at radius 3 is 2.68 bits per heavy atom. The number of carbonyl (C=O) groups excluding carboxylic acids is 1. The summed E-state index contributed by atoms with van der Waals surface area (Å²) < 4.78 is 0. The van der Waals surface area contributed by atoms with E-state index >= 15 is 0 Å². The highest BCUT2D eigenvalue weighted by atomic mass is 16.1. The van der Waals surface area contributed by atoms with Gasteiger partial charge in [0.05, 0.1) is 5.69 Å². The SMILES string of the molecule is CCC1CCC(N2CCN(c3ccc(C(=O)NC)nc3C#N)CC2)C1. The van der Waals surface area contributed by atoms with Crippen LogP contribution in [0.2, 0.25) is 0 Å². The van der Waals surface area contributed by atoms with E-state index in [4.69, 9.17) is 0 Å². The topological polar surface area (TPSA) is 72.3 Å². The lowest BCUT2D eigenvalue weighted by Gasteiger charge is -2.39. The van der Waals surface area contributed by atoms with Gasteiger partial charge in [-0.3, -0.25) is 9.69 Å². The Morgan fingerprint density at radius 1 is 1.32 bits per heavy atom. The van der Waals surface area contributed by atoms with Crippen molar-refractivity contribution in [2.75, 3.05) is 38.1 Å². The Kier molecular flexibility index (Phi) is 5.54. The second-order valence-electron chi connectivity index (χ2n) is 7.02. The first-order chi connectivity index (χ1) is 12.2. The minimum absolute atomic E-state index is 0.264. The van der Waals surface area contributed by atoms with Gasteiger partial charge >= 0.3 is 0 Å². The molecule has 134 valence electrons. The van der Waals surface area contributed by atoms with Gasteiger partial charge in [0.25, 0.3) is 5.91 Å². The number of nitriles is 1. The molecule has 25 heavy (non-hydrogen) atoms. The Morgan fingerprint density at radius 2 is 2.08 bits per heavy atom. The lowest BCUT2D eigenvalue weighted by atomic mass is 10.0. The summed E-state index contributed by atoms with van der Waals surface area (Å²) in [6, 6.07) is 6.43. The molecule has 3 rings (SSSR count). The summed E-state index contributed by atoms with van der Waals surface area (Å²) in [6.07, 6.45) is 5.32. The molecule has 0 aromatic carbocycles. The Bertz CT molecular complexity index is 660. The number of amides is 1. The van der Waals surface area contributed by atoms with Crippen LogP contribution in [0.4, 0.5) is 5.69 Å². The number of nitrogens with one attached hydrogen (secondary N) is 1. The van der Waals surface area contributed by atoms with E-state index in [1.165, 1.54) is 25.7 Å². The van der Waals surface area contributed by atoms with Crippen molar-refractivity contribution in [3.05, 3.63) is 23.5 Å². The Balaban J connectivity index is 1.65. The van der Waals surface area contributed by atoms with Crippen LogP contribution in [-0.4, -0.2) is 55.1 Å². The first-order valence-corrected chi connectivity index (χ1v) is 9.28. The predicted octanol–water partition coefficient (Wildman–Crippen LogP) is 2.01. The summed E-state index contributed by atoms with van der Waals surface area (Å²) in [7, 11) is 1.56. The maximum atomic E-state index is 11.7. The van der Waals surface area contributed by atoms with Crippen molar-refractivity contribution >= 4 is 11.6 Å². The van der Waals surface area contributed by atoms with E-state index in [1.54, 1.807) is 13.1 Å². The fraction of sp³-hybridized carbons (Fsp3) is 0.632. The van der Waals surface area contributed by atoms with Crippen LogP contribution in [0.15, 0.2) is 12.1 Å². The summed E-state index contributed by atoms with van der Waals surface area (Å²) >= 11 is 0. The van der Waals surface area contributed by atoms with E-state index in [0.29, 0.717) is 5.69 Å². The van der Waals surface area contributed by atoms with Crippen molar-refractivity contribution in [2.45, 2.75) is 38.6 Å². The van der Waals surface area contributed by atoms with Gasteiger partial charge in [0.2, 0.25) is 0 Å². The largest absolute Gasteiger partial charge is 0.367 e. The monoisotopic (exact) mass is 341 g/mol. The fourth-order valence-electron chi connectivity index (χ4n) is 4.12. The number of hydrogen-bond acceptors (Lipinski definition) is 5. The van der Waals surface area contributed by atoms with E-state index < -0.39 is 0 Å². The van der Waals surface area contributed by atoms with Crippen LogP contribution < -0.4 is 10.2 Å². The smallest absolute Gasteiger partial charge is 0.269 e. The molecule has 2 aliphatic rings. The predicted molar refractivity (Wildman–Crippen MR) is 97.5 cm³/mol. The average Bonchev–Trinajstić information content (AvgIpc) is 3.16. The molecule has 1 N–H and O–H groups in total. The summed E-state index contributed by atoms with van der Waals surface area (Å²) in [4.78, 5) is 20.8. The van der Waals surface area contributed by atoms with Gasteiger partial charge < -0.3 is 10.2 Å². The van der Waals surface area contributed by atoms with Gasteiger partial charge in [-0.05, 0) is 37.3 Å². The maximum absolute atomic E-state index is 11.7. The Hall–Kier alpha value is -2.13. The number of carbonyl (C=O) groups is 1. The van der Waals surface area contributed by atoms with E-state index in [1.807, 2.05) is 6.07 Å². The molecule has 2 heterocycles. The Labute approximate surface area is 149 Å². The first kappa shape index (κ1) is 17.7. The molecule has 2 atom stereocenters. The molecule has 1 aliphatic heterocycles. The van der Waals surface area contributed by atoms with Crippen molar-refractivity contribution in [1.82, 2.24) is 15.2 Å². The van der Waals surface area contributed by atoms with Crippen molar-refractivity contribution < 1.29 is 4.79 Å². The van der Waals surface area contributed by atoms with Crippen LogP contribution in [0.3, 0.4) is 0 Å². The van der Waals surface area contributed by atoms with E-state index in [0.717, 1.165) is 43.8 Å². The van der Waals surface area contributed by atoms with Crippen LogP contribution in [0.25, 0.3) is 0 Å². The standard InChI is InChI=1S/C19H27N5O/c1-3-14-4-5-15(12-14)23-8-10-24(11-9-23)18-7-6-16(19(25)21-2)22-17(18)13-20/h6-7,14-15H,3-5,8-12H2,1-2H3,(H,21,25). The highest BCUT2D eigenvalue weighted by Gasteiger charge is 2.30. The maximum Gasteiger partial charge on any atom is 0.269 e. The molecule has 6 nitrogen and oxygen atoms in total. The second kappa shape index (κ2) is 7.83. The van der Waals surface area contributed by atoms with Gasteiger partial charge in [-0.2, -0.15) is 5.26 Å². The normalized spacial score (nSPS) is 24.1. The van der Waals surface area contributed by atoms with Crippen LogP contribution in [-0.2, 0) is 0 Å². The van der Waals surface area contributed by atoms with Gasteiger partial charge in [-0.25, -0.2) is 4.98 Å². The van der Waals surface area contributed by atoms with Crippen molar-refractivity contribution in [3.8, 4) is 6.07 Å². The minimum atomic E-state index is -0.264. The summed E-state index contributed by atoms with van der Waals surface area (Å²) in [5.74, 6) is 0.634. The molecule has 0 radical (unpaired) electrons. The van der Waals surface area contributed by atoms with Crippen LogP contribution >= 0.6 is 0 Å². The third kappa shape index (κ3) is 3.77. The molecule has 2 unspecified atom stereocenters. The van der Waals surface area contributed by atoms with Gasteiger partial charge in [0.15, 0.2) is 5.69 Å². The summed E-state index contributed by atoms with van der Waals surface area (Å²) in [6.45, 7) is 6.17. The molecule has 1 saturated carbocycles. The summed E-state index contributed by atoms with van der Waals surface area (Å²) in [5.41, 5.74) is 1.46. The number of pyridine rings is 1. The lowest BCUT2D eigenvalue weighted by Crippen LogP contribution is -2.50. The number of aromatic nitrogens is 1. The van der Waals surface area contributed by atoms with E-state index in [-0.39, 0.29) is 11.6 Å². The van der Waals surface area contributed by atoms with Crippen molar-refractivity contribution in [3.63, 3.8) is 0 Å². The molecular weight excluding hydrogens is 314 g/mol. The number of rotatable bonds is 4. The molecule has 2 fully saturated rings. The van der Waals surface area contributed by atoms with Gasteiger partial charge in [-0.1, -0.05) is 13.3 Å². The third-order valence-corrected chi connectivity index (χ3v) is 5.70. The molecule has 0 spiro atoms. The zero-order valence-electron chi connectivity index (χ0n) is 15.2. The van der Waals surface area contributed by atoms with Crippen molar-refractivity contribution in [1.29, 1.82) is 5.26 Å². The first-order valence-electron chi connectivity index (χ1n) is 9.28. The van der Waals surface area contributed by atoms with Crippen LogP contribution in [0.1, 0.15) is 48.8 Å². The van der Waals surface area contributed by atoms with E-state index in [9.17, 15) is 10.1 Å². The minimum Gasteiger partial charge on any atom is -0.367 e. The zero-order chi connectivity index (χ0) is 17.8. The number of piperazine rings is 1. The van der Waals surface area contributed by atoms with Gasteiger partial charge in [0.1, 0.15) is 11.8 Å². The fourth-order valence-corrected chi connectivity index (χ4v) is 4.12. The van der Waals surface area contributed by atoms with Gasteiger partial charge in [-0.15, -0.1) is 0 Å². The molecule has 1 aromatic rings. The average molecular weight is 341 g/mol. The molecule has 1 amide bonds. The van der Waals surface area contributed by atoms with Crippen molar-refractivity contribution in [2.24, 2.45) is 5.92 Å². The van der Waals surface area contributed by atoms with Crippen LogP contribution in [0.5, 0.6) is 0 Å². The quantitative estimate of drug-likeness (QED) is 0.907. The second-order valence-corrected chi connectivity index (χ2v) is 7.02. The molecule has 6 heteroatoms. The molecule has 0 bridgehead atoms. The van der Waals surface area contributed by atoms with E-state index in [2.05, 4.69) is 33.1 Å². The number of nitrogens with zero attached hydrogens (tertiary/aromatic N) is 4. The molecule has 1 saturated heterocycles. The molecule has 1 aliphatic carbocycles. The molecule has 1 aromatic heterocycles. The molecular formula is C19H27N5O. The highest BCUT2D eigenvalue weighted by Crippen LogP contribution is 2.32. The van der Waals surface area contributed by atoms with Crippen LogP contribution in [0, 0.1) is 17.2 Å². The lowest BCUT2D eigenvalue weighted by molar-refractivity contribution is 0.0958. The number of anilines is 1. The number of hydrogen-bond donors (Lipinski definition) is 1.